The summed E-state index contributed by atoms with van der Waals surface area (Å²) in [4.78, 5) is 4.62. The van der Waals surface area contributed by atoms with Crippen LogP contribution < -0.4 is 20.1 Å². The number of ether oxygens (including phenoxy) is 2. The van der Waals surface area contributed by atoms with Crippen molar-refractivity contribution in [3.63, 3.8) is 0 Å². The van der Waals surface area contributed by atoms with Gasteiger partial charge in [-0.05, 0) is 52.7 Å². The second-order valence-corrected chi connectivity index (χ2v) is 6.12. The van der Waals surface area contributed by atoms with Crippen LogP contribution in [0.3, 0.4) is 0 Å². The molecule has 6 nitrogen and oxygen atoms in total. The number of nitrogens with one attached hydrogen (secondary N) is 2. The van der Waals surface area contributed by atoms with Gasteiger partial charge in [0.05, 0.1) is 17.3 Å². The van der Waals surface area contributed by atoms with Crippen molar-refractivity contribution in [2.75, 3.05) is 19.9 Å². The first-order valence-corrected chi connectivity index (χ1v) is 8.68. The second kappa shape index (κ2) is 8.10. The zero-order chi connectivity index (χ0) is 16.8. The monoisotopic (exact) mass is 393 g/mol. The molecule has 0 bridgehead atoms. The third-order valence-electron chi connectivity index (χ3n) is 3.49. The van der Waals surface area contributed by atoms with Gasteiger partial charge in [-0.2, -0.15) is 0 Å². The summed E-state index contributed by atoms with van der Waals surface area (Å²) >= 11 is 3.50. The first kappa shape index (κ1) is 16.7. The normalized spacial score (nSPS) is 13.2. The highest BCUT2D eigenvalue weighted by molar-refractivity contribution is 9.10. The third-order valence-corrected chi connectivity index (χ3v) is 4.08. The number of nitrogens with zero attached hydrogens (tertiary/aromatic N) is 1. The summed E-state index contributed by atoms with van der Waals surface area (Å²) in [5.41, 5.74) is 1.05. The van der Waals surface area contributed by atoms with E-state index >= 15 is 0 Å². The van der Waals surface area contributed by atoms with Crippen molar-refractivity contribution >= 4 is 21.9 Å². The summed E-state index contributed by atoms with van der Waals surface area (Å²) in [5, 5.41) is 6.55. The van der Waals surface area contributed by atoms with Gasteiger partial charge in [0.2, 0.25) is 6.79 Å². The Morgan fingerprint density at radius 1 is 1.29 bits per heavy atom. The number of rotatable bonds is 6. The van der Waals surface area contributed by atoms with Crippen LogP contribution in [0.5, 0.6) is 11.5 Å². The van der Waals surface area contributed by atoms with Gasteiger partial charge in [-0.1, -0.05) is 0 Å². The minimum Gasteiger partial charge on any atom is -0.469 e. The van der Waals surface area contributed by atoms with Crippen LogP contribution in [0.2, 0.25) is 0 Å². The Morgan fingerprint density at radius 2 is 2.21 bits per heavy atom. The molecular weight excluding hydrogens is 374 g/mol. The van der Waals surface area contributed by atoms with E-state index < -0.39 is 0 Å². The zero-order valence-corrected chi connectivity index (χ0v) is 15.1. The molecule has 0 aliphatic carbocycles. The van der Waals surface area contributed by atoms with Gasteiger partial charge in [-0.3, -0.25) is 0 Å². The lowest BCUT2D eigenvalue weighted by molar-refractivity contribution is 0.173. The number of fused-ring (bicyclic) bond motifs is 1. The Balaban J connectivity index is 1.60. The molecule has 2 N–H and O–H groups in total. The number of aliphatic imine (C=N–C) groups is 1. The van der Waals surface area contributed by atoms with Gasteiger partial charge < -0.3 is 24.5 Å². The molecule has 3 rings (SSSR count). The summed E-state index contributed by atoms with van der Waals surface area (Å²) in [6.45, 7) is 4.41. The molecule has 0 amide bonds. The molecule has 1 aliphatic rings. The maximum absolute atomic E-state index is 5.44. The van der Waals surface area contributed by atoms with Crippen LogP contribution in [0.15, 0.2) is 44.4 Å². The third kappa shape index (κ3) is 4.23. The van der Waals surface area contributed by atoms with Gasteiger partial charge in [-0.25, -0.2) is 4.99 Å². The smallest absolute Gasteiger partial charge is 0.231 e. The van der Waals surface area contributed by atoms with E-state index in [2.05, 4.69) is 31.6 Å². The number of furan rings is 1. The van der Waals surface area contributed by atoms with E-state index in [1.54, 1.807) is 6.26 Å². The minimum absolute atomic E-state index is 0.262. The van der Waals surface area contributed by atoms with Crippen molar-refractivity contribution in [2.45, 2.75) is 19.9 Å². The van der Waals surface area contributed by atoms with Gasteiger partial charge in [0.25, 0.3) is 0 Å². The quantitative estimate of drug-likeness (QED) is 0.582. The topological polar surface area (TPSA) is 68.0 Å². The van der Waals surface area contributed by atoms with Crippen molar-refractivity contribution in [3.8, 4) is 11.5 Å². The highest BCUT2D eigenvalue weighted by Crippen LogP contribution is 2.40. The van der Waals surface area contributed by atoms with Gasteiger partial charge in [0.1, 0.15) is 5.76 Å². The molecule has 7 heteroatoms. The SMILES string of the molecule is CCNC(=NCc1cc(Br)c2c(c1)OCO2)NCCc1ccco1. The molecule has 0 radical (unpaired) electrons. The summed E-state index contributed by atoms with van der Waals surface area (Å²) in [5.74, 6) is 3.24. The molecular formula is C17H20BrN3O3. The van der Waals surface area contributed by atoms with E-state index in [0.717, 1.165) is 52.8 Å². The first-order chi connectivity index (χ1) is 11.8. The summed E-state index contributed by atoms with van der Waals surface area (Å²) in [7, 11) is 0. The molecule has 1 aliphatic heterocycles. The Bertz CT molecular complexity index is 701. The minimum atomic E-state index is 0.262. The van der Waals surface area contributed by atoms with Crippen molar-refractivity contribution in [3.05, 3.63) is 46.3 Å². The van der Waals surface area contributed by atoms with Crippen LogP contribution in [0.4, 0.5) is 0 Å². The van der Waals surface area contributed by atoms with Gasteiger partial charge in [0, 0.05) is 19.5 Å². The number of halogens is 1. The summed E-state index contributed by atoms with van der Waals surface area (Å²) in [6.07, 6.45) is 2.50. The average Bonchev–Trinajstić information content (AvgIpc) is 3.24. The van der Waals surface area contributed by atoms with Crippen molar-refractivity contribution in [1.82, 2.24) is 10.6 Å². The number of hydrogen-bond acceptors (Lipinski definition) is 4. The predicted octanol–water partition coefficient (Wildman–Crippen LogP) is 3.07. The van der Waals surface area contributed by atoms with Gasteiger partial charge >= 0.3 is 0 Å². The van der Waals surface area contributed by atoms with Crippen LogP contribution in [-0.4, -0.2) is 25.8 Å². The van der Waals surface area contributed by atoms with Crippen LogP contribution in [0, 0.1) is 0 Å². The molecule has 0 spiro atoms. The Hall–Kier alpha value is -2.15. The molecule has 2 heterocycles. The van der Waals surface area contributed by atoms with Crippen molar-refractivity contribution in [1.29, 1.82) is 0 Å². The van der Waals surface area contributed by atoms with Crippen LogP contribution in [0.25, 0.3) is 0 Å². The zero-order valence-electron chi connectivity index (χ0n) is 13.5. The summed E-state index contributed by atoms with van der Waals surface area (Å²) in [6, 6.07) is 7.83. The molecule has 0 saturated carbocycles. The number of hydrogen-bond donors (Lipinski definition) is 2. The maximum atomic E-state index is 5.44. The Morgan fingerprint density at radius 3 is 3.00 bits per heavy atom. The van der Waals surface area contributed by atoms with Crippen molar-refractivity contribution < 1.29 is 13.9 Å². The van der Waals surface area contributed by atoms with Gasteiger partial charge in [-0.15, -0.1) is 0 Å². The molecule has 0 fully saturated rings. The maximum Gasteiger partial charge on any atom is 0.231 e. The predicted molar refractivity (Wildman–Crippen MR) is 95.5 cm³/mol. The lowest BCUT2D eigenvalue weighted by Crippen LogP contribution is -2.38. The highest BCUT2D eigenvalue weighted by atomic mass is 79.9. The van der Waals surface area contributed by atoms with E-state index in [-0.39, 0.29) is 6.79 Å². The van der Waals surface area contributed by atoms with Crippen LogP contribution in [-0.2, 0) is 13.0 Å². The van der Waals surface area contributed by atoms with Crippen LogP contribution in [0.1, 0.15) is 18.2 Å². The molecule has 128 valence electrons. The molecule has 24 heavy (non-hydrogen) atoms. The number of benzene rings is 1. The molecule has 0 atom stereocenters. The highest BCUT2D eigenvalue weighted by Gasteiger charge is 2.17. The van der Waals surface area contributed by atoms with Crippen molar-refractivity contribution in [2.24, 2.45) is 4.99 Å². The molecule has 2 aromatic rings. The van der Waals surface area contributed by atoms with Gasteiger partial charge in [0.15, 0.2) is 17.5 Å². The molecule has 1 aromatic carbocycles. The fourth-order valence-electron chi connectivity index (χ4n) is 2.38. The molecule has 0 saturated heterocycles. The average molecular weight is 394 g/mol. The standard InChI is InChI=1S/C17H20BrN3O3/c1-2-19-17(20-6-5-13-4-3-7-22-13)21-10-12-8-14(18)16-15(9-12)23-11-24-16/h3-4,7-9H,2,5-6,10-11H2,1H3,(H2,19,20,21). The fraction of sp³-hybridized carbons (Fsp3) is 0.353. The Kier molecular flexibility index (Phi) is 5.63. The Labute approximate surface area is 149 Å². The number of guanidine groups is 1. The second-order valence-electron chi connectivity index (χ2n) is 5.26. The van der Waals surface area contributed by atoms with E-state index in [1.165, 1.54) is 0 Å². The fourth-order valence-corrected chi connectivity index (χ4v) is 2.99. The largest absolute Gasteiger partial charge is 0.469 e. The molecule has 1 aromatic heterocycles. The lowest BCUT2D eigenvalue weighted by atomic mass is 10.2. The van der Waals surface area contributed by atoms with Crippen LogP contribution >= 0.6 is 15.9 Å². The first-order valence-electron chi connectivity index (χ1n) is 7.89. The van der Waals surface area contributed by atoms with E-state index in [9.17, 15) is 0 Å². The van der Waals surface area contributed by atoms with E-state index in [0.29, 0.717) is 6.54 Å². The molecule has 0 unspecified atom stereocenters. The summed E-state index contributed by atoms with van der Waals surface area (Å²) < 4.78 is 17.1. The lowest BCUT2D eigenvalue weighted by Gasteiger charge is -2.11. The van der Waals surface area contributed by atoms with E-state index in [1.807, 2.05) is 31.2 Å². The van der Waals surface area contributed by atoms with E-state index in [4.69, 9.17) is 13.9 Å².